The number of halogens is 1. The van der Waals surface area contributed by atoms with E-state index in [-0.39, 0.29) is 28.1 Å². The summed E-state index contributed by atoms with van der Waals surface area (Å²) >= 11 is 6.02. The number of hydrogen-bond acceptors (Lipinski definition) is 6. The van der Waals surface area contributed by atoms with Crippen LogP contribution in [0.1, 0.15) is 23.0 Å². The minimum Gasteiger partial charge on any atom is -0.494 e. The molecule has 3 aromatic rings. The third-order valence-corrected chi connectivity index (χ3v) is 4.36. The first-order chi connectivity index (χ1) is 13.3. The lowest BCUT2D eigenvalue weighted by molar-refractivity contribution is -0.384. The second-order valence-electron chi connectivity index (χ2n) is 5.90. The largest absolute Gasteiger partial charge is 0.494 e. The number of benzene rings is 2. The van der Waals surface area contributed by atoms with E-state index in [1.165, 1.54) is 24.3 Å². The van der Waals surface area contributed by atoms with Crippen LogP contribution in [0.3, 0.4) is 0 Å². The van der Waals surface area contributed by atoms with Crippen LogP contribution >= 0.6 is 11.6 Å². The molecule has 8 nitrogen and oxygen atoms in total. The van der Waals surface area contributed by atoms with Crippen molar-refractivity contribution in [3.63, 3.8) is 0 Å². The lowest BCUT2D eigenvalue weighted by Crippen LogP contribution is -2.16. The van der Waals surface area contributed by atoms with Gasteiger partial charge in [-0.15, -0.1) is 0 Å². The van der Waals surface area contributed by atoms with Crippen LogP contribution in [0, 0.1) is 17.0 Å². The Morgan fingerprint density at radius 3 is 2.71 bits per heavy atom. The monoisotopic (exact) mass is 402 g/mol. The van der Waals surface area contributed by atoms with Gasteiger partial charge < -0.3 is 14.5 Å². The predicted molar refractivity (Wildman–Crippen MR) is 104 cm³/mol. The van der Waals surface area contributed by atoms with Gasteiger partial charge in [0.05, 0.1) is 23.0 Å². The topological polar surface area (TPSA) is 112 Å². The number of amides is 1. The summed E-state index contributed by atoms with van der Waals surface area (Å²) in [4.78, 5) is 35.5. The molecule has 0 spiro atoms. The van der Waals surface area contributed by atoms with Crippen molar-refractivity contribution in [1.82, 2.24) is 0 Å². The van der Waals surface area contributed by atoms with Crippen molar-refractivity contribution in [2.75, 3.05) is 11.9 Å². The predicted octanol–water partition coefficient (Wildman–Crippen LogP) is 4.31. The number of anilines is 1. The van der Waals surface area contributed by atoms with Gasteiger partial charge in [0.2, 0.25) is 0 Å². The Bertz CT molecular complexity index is 1160. The van der Waals surface area contributed by atoms with Crippen molar-refractivity contribution in [3.8, 4) is 5.75 Å². The molecule has 0 unspecified atom stereocenters. The van der Waals surface area contributed by atoms with Crippen molar-refractivity contribution in [3.05, 3.63) is 73.1 Å². The first kappa shape index (κ1) is 19.4. The van der Waals surface area contributed by atoms with Gasteiger partial charge in [0, 0.05) is 11.1 Å². The van der Waals surface area contributed by atoms with E-state index in [0.717, 1.165) is 6.07 Å². The van der Waals surface area contributed by atoms with Crippen LogP contribution in [0.15, 0.2) is 45.6 Å². The van der Waals surface area contributed by atoms with Crippen LogP contribution in [0.4, 0.5) is 11.4 Å². The standard InChI is InChI=1S/C19H15ClN2O6/c1-3-27-11-4-5-14(15(7-11)22(25)26)21-19(24)18-9-16(23)12-8-13(20)10(2)6-17(12)28-18/h4-9H,3H2,1-2H3,(H,21,24). The van der Waals surface area contributed by atoms with Crippen LogP contribution < -0.4 is 15.5 Å². The molecule has 3 rings (SSSR count). The molecule has 0 aliphatic rings. The second kappa shape index (κ2) is 7.69. The number of nitrogens with one attached hydrogen (secondary N) is 1. The molecule has 9 heteroatoms. The summed E-state index contributed by atoms with van der Waals surface area (Å²) in [5.74, 6) is -0.766. The molecule has 1 aromatic heterocycles. The van der Waals surface area contributed by atoms with Gasteiger partial charge in [-0.1, -0.05) is 11.6 Å². The zero-order valence-corrected chi connectivity index (χ0v) is 15.7. The molecule has 2 aromatic carbocycles. The maximum atomic E-state index is 12.5. The van der Waals surface area contributed by atoms with Gasteiger partial charge in [0.1, 0.15) is 17.0 Å². The fraction of sp³-hybridized carbons (Fsp3) is 0.158. The lowest BCUT2D eigenvalue weighted by atomic mass is 10.1. The van der Waals surface area contributed by atoms with Gasteiger partial charge in [-0.05, 0) is 43.7 Å². The number of nitro benzene ring substituents is 1. The van der Waals surface area contributed by atoms with Crippen molar-refractivity contribution in [2.24, 2.45) is 0 Å². The van der Waals surface area contributed by atoms with Crippen LogP contribution in [0.2, 0.25) is 5.02 Å². The zero-order chi connectivity index (χ0) is 20.4. The Morgan fingerprint density at radius 2 is 2.04 bits per heavy atom. The zero-order valence-electron chi connectivity index (χ0n) is 14.9. The molecule has 0 radical (unpaired) electrons. The van der Waals surface area contributed by atoms with Crippen molar-refractivity contribution < 1.29 is 18.9 Å². The number of aryl methyl sites for hydroxylation is 1. The van der Waals surface area contributed by atoms with Gasteiger partial charge in [0.25, 0.3) is 11.6 Å². The number of rotatable bonds is 5. The first-order valence-corrected chi connectivity index (χ1v) is 8.64. The van der Waals surface area contributed by atoms with E-state index in [1.807, 2.05) is 0 Å². The van der Waals surface area contributed by atoms with E-state index in [0.29, 0.717) is 22.9 Å². The lowest BCUT2D eigenvalue weighted by Gasteiger charge is -2.09. The molecule has 144 valence electrons. The molecule has 0 saturated heterocycles. The highest BCUT2D eigenvalue weighted by atomic mass is 35.5. The number of hydrogen-bond donors (Lipinski definition) is 1. The maximum absolute atomic E-state index is 12.5. The Balaban J connectivity index is 1.98. The minimum atomic E-state index is -0.793. The van der Waals surface area contributed by atoms with Gasteiger partial charge in [0.15, 0.2) is 11.2 Å². The first-order valence-electron chi connectivity index (χ1n) is 8.26. The molecule has 0 aliphatic heterocycles. The highest BCUT2D eigenvalue weighted by molar-refractivity contribution is 6.32. The normalized spacial score (nSPS) is 10.7. The van der Waals surface area contributed by atoms with Crippen LogP contribution in [0.25, 0.3) is 11.0 Å². The van der Waals surface area contributed by atoms with E-state index in [4.69, 9.17) is 20.8 Å². The summed E-state index contributed by atoms with van der Waals surface area (Å²) in [6.45, 7) is 3.82. The molecule has 1 N–H and O–H groups in total. The Morgan fingerprint density at radius 1 is 1.29 bits per heavy atom. The fourth-order valence-corrected chi connectivity index (χ4v) is 2.76. The van der Waals surface area contributed by atoms with Crippen LogP contribution in [-0.2, 0) is 0 Å². The van der Waals surface area contributed by atoms with Gasteiger partial charge >= 0.3 is 0 Å². The van der Waals surface area contributed by atoms with Crippen molar-refractivity contribution in [2.45, 2.75) is 13.8 Å². The summed E-state index contributed by atoms with van der Waals surface area (Å²) in [6, 6.07) is 8.09. The van der Waals surface area contributed by atoms with Gasteiger partial charge in [-0.3, -0.25) is 19.7 Å². The van der Waals surface area contributed by atoms with Crippen LogP contribution in [-0.4, -0.2) is 17.4 Å². The molecule has 0 fully saturated rings. The average molecular weight is 403 g/mol. The summed E-state index contributed by atoms with van der Waals surface area (Å²) in [5.41, 5.74) is 0.0332. The maximum Gasteiger partial charge on any atom is 0.296 e. The third-order valence-electron chi connectivity index (χ3n) is 3.96. The SMILES string of the molecule is CCOc1ccc(NC(=O)c2cc(=O)c3cc(Cl)c(C)cc3o2)c([N+](=O)[O-])c1. The quantitative estimate of drug-likeness (QED) is 0.502. The van der Waals surface area contributed by atoms with Gasteiger partial charge in [-0.2, -0.15) is 0 Å². The molecule has 28 heavy (non-hydrogen) atoms. The van der Waals surface area contributed by atoms with Gasteiger partial charge in [-0.25, -0.2) is 0 Å². The summed E-state index contributed by atoms with van der Waals surface area (Å²) in [6.07, 6.45) is 0. The summed E-state index contributed by atoms with van der Waals surface area (Å²) in [5, 5.41) is 14.3. The molecule has 1 amide bonds. The summed E-state index contributed by atoms with van der Waals surface area (Å²) < 4.78 is 10.7. The number of ether oxygens (including phenoxy) is 1. The molecule has 1 heterocycles. The van der Waals surface area contributed by atoms with Crippen molar-refractivity contribution in [1.29, 1.82) is 0 Å². The van der Waals surface area contributed by atoms with E-state index in [2.05, 4.69) is 5.32 Å². The molecule has 0 saturated carbocycles. The van der Waals surface area contributed by atoms with Crippen LogP contribution in [0.5, 0.6) is 5.75 Å². The third kappa shape index (κ3) is 3.81. The molecule has 0 bridgehead atoms. The fourth-order valence-electron chi connectivity index (χ4n) is 2.60. The highest BCUT2D eigenvalue weighted by Crippen LogP contribution is 2.30. The number of carbonyl (C=O) groups is 1. The smallest absolute Gasteiger partial charge is 0.296 e. The highest BCUT2D eigenvalue weighted by Gasteiger charge is 2.20. The van der Waals surface area contributed by atoms with E-state index < -0.39 is 16.3 Å². The van der Waals surface area contributed by atoms with E-state index >= 15 is 0 Å². The Hall–Kier alpha value is -3.39. The number of nitro groups is 1. The average Bonchev–Trinajstić information content (AvgIpc) is 2.64. The van der Waals surface area contributed by atoms with E-state index in [1.54, 1.807) is 19.9 Å². The molecular formula is C19H15ClN2O6. The minimum absolute atomic E-state index is 0.0477. The van der Waals surface area contributed by atoms with E-state index in [9.17, 15) is 19.7 Å². The molecular weight excluding hydrogens is 388 g/mol. The molecule has 0 aliphatic carbocycles. The Kier molecular flexibility index (Phi) is 5.32. The summed E-state index contributed by atoms with van der Waals surface area (Å²) in [7, 11) is 0. The molecule has 0 atom stereocenters. The van der Waals surface area contributed by atoms with Crippen molar-refractivity contribution >= 4 is 39.9 Å². The number of carbonyl (C=O) groups excluding carboxylic acids is 1. The number of nitrogens with zero attached hydrogens (tertiary/aromatic N) is 1. The number of fused-ring (bicyclic) bond motifs is 1. The Labute approximate surface area is 163 Å². The second-order valence-corrected chi connectivity index (χ2v) is 6.30.